The second-order valence-corrected chi connectivity index (χ2v) is 10.8. The topological polar surface area (TPSA) is 64.4 Å². The molecule has 1 fully saturated rings. The Labute approximate surface area is 234 Å². The molecule has 0 unspecified atom stereocenters. The number of hydrogen-bond acceptors (Lipinski definition) is 6. The Balaban J connectivity index is 0.991. The summed E-state index contributed by atoms with van der Waals surface area (Å²) >= 11 is 0. The third-order valence-electron chi connectivity index (χ3n) is 7.83. The molecule has 3 aromatic carbocycles. The highest BCUT2D eigenvalue weighted by Gasteiger charge is 2.25. The van der Waals surface area contributed by atoms with Gasteiger partial charge < -0.3 is 23.5 Å². The molecule has 0 saturated carbocycles. The first kappa shape index (κ1) is 26.0. The fourth-order valence-corrected chi connectivity index (χ4v) is 5.28. The predicted octanol–water partition coefficient (Wildman–Crippen LogP) is 5.87. The average molecular weight is 539 g/mol. The van der Waals surface area contributed by atoms with Crippen molar-refractivity contribution in [1.29, 1.82) is 0 Å². The van der Waals surface area contributed by atoms with Crippen LogP contribution < -0.4 is 14.2 Å². The Morgan fingerprint density at radius 1 is 0.825 bits per heavy atom. The van der Waals surface area contributed by atoms with Crippen LogP contribution in [-0.2, 0) is 18.6 Å². The summed E-state index contributed by atoms with van der Waals surface area (Å²) in [7, 11) is 0. The fraction of sp³-hybridized carbons (Fsp3) is 0.303. The number of furan rings is 1. The normalized spacial score (nSPS) is 15.3. The van der Waals surface area contributed by atoms with E-state index in [2.05, 4.69) is 61.2 Å². The molecule has 1 aromatic heterocycles. The molecular weight excluding hydrogens is 504 g/mol. The zero-order valence-electron chi connectivity index (χ0n) is 23.0. The second kappa shape index (κ2) is 11.1. The van der Waals surface area contributed by atoms with Crippen molar-refractivity contribution in [3.8, 4) is 17.2 Å². The molecule has 6 rings (SSSR count). The van der Waals surface area contributed by atoms with Gasteiger partial charge in [-0.05, 0) is 53.1 Å². The predicted molar refractivity (Wildman–Crippen MR) is 152 cm³/mol. The zero-order chi connectivity index (χ0) is 27.5. The van der Waals surface area contributed by atoms with Gasteiger partial charge in [0.15, 0.2) is 17.3 Å². The van der Waals surface area contributed by atoms with E-state index in [1.165, 1.54) is 16.7 Å². The van der Waals surface area contributed by atoms with Crippen LogP contribution in [0.5, 0.6) is 17.2 Å². The number of ether oxygens (including phenoxy) is 3. The standard InChI is InChI=1S/C33H34N2O5/c1-33(2,25-6-4-3-5-7-25)26-9-11-27(12-10-26)37-22-28-13-15-30(40-28)32(36)35-18-16-34(17-19-35)21-24-8-14-29-31(20-24)39-23-38-29/h3-15,20H,16-19,21-23H2,1-2H3. The highest BCUT2D eigenvalue weighted by molar-refractivity contribution is 5.91. The van der Waals surface area contributed by atoms with Crippen LogP contribution in [0.2, 0.25) is 0 Å². The first-order chi connectivity index (χ1) is 19.5. The Kier molecular flexibility index (Phi) is 7.22. The minimum Gasteiger partial charge on any atom is -0.486 e. The zero-order valence-corrected chi connectivity index (χ0v) is 23.0. The van der Waals surface area contributed by atoms with Crippen molar-refractivity contribution in [2.24, 2.45) is 0 Å². The smallest absolute Gasteiger partial charge is 0.289 e. The van der Waals surface area contributed by atoms with Gasteiger partial charge in [0.25, 0.3) is 5.91 Å². The number of hydrogen-bond donors (Lipinski definition) is 0. The van der Waals surface area contributed by atoms with Crippen LogP contribution in [0.15, 0.2) is 89.3 Å². The second-order valence-electron chi connectivity index (χ2n) is 10.8. The number of benzene rings is 3. The van der Waals surface area contributed by atoms with Gasteiger partial charge in [-0.2, -0.15) is 0 Å². The summed E-state index contributed by atoms with van der Waals surface area (Å²) in [5.74, 6) is 3.24. The molecule has 0 bridgehead atoms. The molecule has 3 heterocycles. The number of carbonyl (C=O) groups excluding carboxylic acids is 1. The van der Waals surface area contributed by atoms with Crippen LogP contribution in [0.1, 0.15) is 46.9 Å². The van der Waals surface area contributed by atoms with Crippen LogP contribution in [-0.4, -0.2) is 48.7 Å². The van der Waals surface area contributed by atoms with Gasteiger partial charge in [0, 0.05) is 38.1 Å². The van der Waals surface area contributed by atoms with Crippen LogP contribution in [0.3, 0.4) is 0 Å². The number of rotatable bonds is 8. The van der Waals surface area contributed by atoms with E-state index in [4.69, 9.17) is 18.6 Å². The van der Waals surface area contributed by atoms with E-state index in [1.807, 2.05) is 41.3 Å². The Morgan fingerprint density at radius 3 is 2.33 bits per heavy atom. The molecular formula is C33H34N2O5. The van der Waals surface area contributed by atoms with Gasteiger partial charge in [-0.3, -0.25) is 9.69 Å². The Bertz CT molecular complexity index is 1450. The Morgan fingerprint density at radius 2 is 1.55 bits per heavy atom. The fourth-order valence-electron chi connectivity index (χ4n) is 5.28. The lowest BCUT2D eigenvalue weighted by molar-refractivity contribution is 0.0594. The van der Waals surface area contributed by atoms with Crippen molar-refractivity contribution >= 4 is 5.91 Å². The molecule has 0 aliphatic carbocycles. The largest absolute Gasteiger partial charge is 0.486 e. The van der Waals surface area contributed by atoms with Crippen molar-refractivity contribution in [2.75, 3.05) is 33.0 Å². The number of fused-ring (bicyclic) bond motifs is 1. The van der Waals surface area contributed by atoms with Gasteiger partial charge in [-0.25, -0.2) is 0 Å². The molecule has 4 aromatic rings. The van der Waals surface area contributed by atoms with Crippen molar-refractivity contribution in [3.63, 3.8) is 0 Å². The third-order valence-corrected chi connectivity index (χ3v) is 7.83. The van der Waals surface area contributed by atoms with Gasteiger partial charge in [0.2, 0.25) is 6.79 Å². The minimum atomic E-state index is -0.104. The first-order valence-electron chi connectivity index (χ1n) is 13.7. The summed E-state index contributed by atoms with van der Waals surface area (Å²) in [6, 6.07) is 28.3. The minimum absolute atomic E-state index is 0.0820. The molecule has 2 aliphatic rings. The summed E-state index contributed by atoms with van der Waals surface area (Å²) < 4.78 is 22.7. The molecule has 7 nitrogen and oxygen atoms in total. The van der Waals surface area contributed by atoms with E-state index in [0.29, 0.717) is 24.6 Å². The monoisotopic (exact) mass is 538 g/mol. The van der Waals surface area contributed by atoms with Gasteiger partial charge in [-0.1, -0.05) is 62.4 Å². The SMILES string of the molecule is CC(C)(c1ccccc1)c1ccc(OCc2ccc(C(=O)N3CCN(Cc4ccc5c(c4)OCO5)CC3)o2)cc1. The highest BCUT2D eigenvalue weighted by Crippen LogP contribution is 2.33. The molecule has 1 amide bonds. The lowest BCUT2D eigenvalue weighted by Gasteiger charge is -2.34. The first-order valence-corrected chi connectivity index (χ1v) is 13.7. The van der Waals surface area contributed by atoms with Crippen molar-refractivity contribution in [2.45, 2.75) is 32.4 Å². The molecule has 7 heteroatoms. The van der Waals surface area contributed by atoms with Crippen LogP contribution in [0.25, 0.3) is 0 Å². The summed E-state index contributed by atoms with van der Waals surface area (Å²) in [6.07, 6.45) is 0. The van der Waals surface area contributed by atoms with E-state index in [0.717, 1.165) is 36.9 Å². The lowest BCUT2D eigenvalue weighted by atomic mass is 9.78. The maximum absolute atomic E-state index is 13.1. The molecule has 40 heavy (non-hydrogen) atoms. The number of piperazine rings is 1. The third kappa shape index (κ3) is 5.56. The van der Waals surface area contributed by atoms with Crippen LogP contribution >= 0.6 is 0 Å². The summed E-state index contributed by atoms with van der Waals surface area (Å²) in [4.78, 5) is 17.3. The van der Waals surface area contributed by atoms with Crippen molar-refractivity contribution in [1.82, 2.24) is 9.80 Å². The number of nitrogens with zero attached hydrogens (tertiary/aromatic N) is 2. The van der Waals surface area contributed by atoms with E-state index >= 15 is 0 Å². The van der Waals surface area contributed by atoms with Gasteiger partial charge >= 0.3 is 0 Å². The van der Waals surface area contributed by atoms with Gasteiger partial charge in [0.1, 0.15) is 18.1 Å². The molecule has 0 spiro atoms. The summed E-state index contributed by atoms with van der Waals surface area (Å²) in [5, 5.41) is 0. The molecule has 0 atom stereocenters. The lowest BCUT2D eigenvalue weighted by Crippen LogP contribution is -2.48. The van der Waals surface area contributed by atoms with Crippen LogP contribution in [0.4, 0.5) is 0 Å². The Hall–Kier alpha value is -4.23. The van der Waals surface area contributed by atoms with Gasteiger partial charge in [0.05, 0.1) is 0 Å². The average Bonchev–Trinajstić information content (AvgIpc) is 3.66. The van der Waals surface area contributed by atoms with Gasteiger partial charge in [-0.15, -0.1) is 0 Å². The van der Waals surface area contributed by atoms with Crippen molar-refractivity contribution in [3.05, 3.63) is 113 Å². The molecule has 0 N–H and O–H groups in total. The van der Waals surface area contributed by atoms with E-state index in [1.54, 1.807) is 6.07 Å². The van der Waals surface area contributed by atoms with Crippen molar-refractivity contribution < 1.29 is 23.4 Å². The number of carbonyl (C=O) groups is 1. The maximum Gasteiger partial charge on any atom is 0.289 e. The highest BCUT2D eigenvalue weighted by atomic mass is 16.7. The molecule has 2 aliphatic heterocycles. The van der Waals surface area contributed by atoms with E-state index in [9.17, 15) is 4.79 Å². The van der Waals surface area contributed by atoms with E-state index < -0.39 is 0 Å². The van der Waals surface area contributed by atoms with E-state index in [-0.39, 0.29) is 24.7 Å². The van der Waals surface area contributed by atoms with Crippen LogP contribution in [0, 0.1) is 0 Å². The molecule has 1 saturated heterocycles. The number of amides is 1. The quantitative estimate of drug-likeness (QED) is 0.280. The molecule has 0 radical (unpaired) electrons. The molecule has 206 valence electrons. The maximum atomic E-state index is 13.1. The summed E-state index contributed by atoms with van der Waals surface area (Å²) in [5.41, 5.74) is 3.55. The summed E-state index contributed by atoms with van der Waals surface area (Å²) in [6.45, 7) is 8.70.